The first-order valence-electron chi connectivity index (χ1n) is 1.67. The zero-order valence-electron chi connectivity index (χ0n) is 4.41. The first-order valence-corrected chi connectivity index (χ1v) is 4.42. The van der Waals surface area contributed by atoms with E-state index in [-0.39, 0.29) is 4.49 Å². The van der Waals surface area contributed by atoms with Crippen LogP contribution in [0.3, 0.4) is 0 Å². The Kier molecular flexibility index (Phi) is 8.57. The van der Waals surface area contributed by atoms with Gasteiger partial charge in [0.2, 0.25) is 0 Å². The summed E-state index contributed by atoms with van der Waals surface area (Å²) in [5.41, 5.74) is 1.09. The third-order valence-corrected chi connectivity index (χ3v) is 0.742. The van der Waals surface area contributed by atoms with Gasteiger partial charge in [0, 0.05) is 5.54 Å². The van der Waals surface area contributed by atoms with Crippen molar-refractivity contribution in [2.24, 2.45) is 0 Å². The van der Waals surface area contributed by atoms with Crippen LogP contribution in [0.15, 0.2) is 10.0 Å². The summed E-state index contributed by atoms with van der Waals surface area (Å²) in [7, 11) is -4.64. The molecular weight excluding hydrogens is 225 g/mol. The molecule has 0 aliphatic carbocycles. The van der Waals surface area contributed by atoms with E-state index < -0.39 is 7.82 Å². The van der Waals surface area contributed by atoms with Crippen LogP contribution in [0.1, 0.15) is 0 Å². The van der Waals surface area contributed by atoms with Crippen LogP contribution in [0.25, 0.3) is 0 Å². The van der Waals surface area contributed by atoms with E-state index in [0.29, 0.717) is 0 Å². The molecule has 10 heavy (non-hydrogen) atoms. The highest BCUT2D eigenvalue weighted by Gasteiger charge is 2.00. The fraction of sp³-hybridized carbons (Fsp3) is 0. The Morgan fingerprint density at radius 3 is 1.40 bits per heavy atom. The normalized spacial score (nSPS) is 9.40. The van der Waals surface area contributed by atoms with E-state index >= 15 is 0 Å². The van der Waals surface area contributed by atoms with Gasteiger partial charge in [-0.15, -0.1) is 0 Å². The van der Waals surface area contributed by atoms with Gasteiger partial charge in [-0.05, 0) is 0 Å². The van der Waals surface area contributed by atoms with Crippen molar-refractivity contribution in [3.8, 4) is 0 Å². The van der Waals surface area contributed by atoms with Crippen LogP contribution in [0.4, 0.5) is 0 Å². The van der Waals surface area contributed by atoms with Crippen molar-refractivity contribution >= 4 is 42.6 Å². The summed E-state index contributed by atoms with van der Waals surface area (Å²) >= 11 is 14.8. The molecule has 4 nitrogen and oxygen atoms in total. The Morgan fingerprint density at radius 1 is 1.30 bits per heavy atom. The molecule has 0 bridgehead atoms. The van der Waals surface area contributed by atoms with Crippen molar-refractivity contribution in [2.45, 2.75) is 0 Å². The lowest BCUT2D eigenvalue weighted by atomic mass is 11.2. The number of halogens is 3. The molecule has 0 aromatic heterocycles. The lowest BCUT2D eigenvalue weighted by Crippen LogP contribution is -1.66. The summed E-state index contributed by atoms with van der Waals surface area (Å²) in [6.45, 7) is 0. The minimum atomic E-state index is -4.64. The maximum atomic E-state index is 8.88. The van der Waals surface area contributed by atoms with Gasteiger partial charge in [0.25, 0.3) is 0 Å². The summed E-state index contributed by atoms with van der Waals surface area (Å²) in [5, 5.41) is 0. The van der Waals surface area contributed by atoms with Gasteiger partial charge >= 0.3 is 7.82 Å². The van der Waals surface area contributed by atoms with E-state index in [1.807, 2.05) is 0 Å². The smallest absolute Gasteiger partial charge is 0.303 e. The van der Waals surface area contributed by atoms with Crippen molar-refractivity contribution < 1.29 is 19.2 Å². The Labute approximate surface area is 72.3 Å². The summed E-state index contributed by atoms with van der Waals surface area (Å²) in [6, 6.07) is 0. The third-order valence-electron chi connectivity index (χ3n) is 0.0825. The molecule has 0 aromatic rings. The molecule has 0 aliphatic rings. The molecule has 0 atom stereocenters. The standard InChI is InChI=1S/C2HCl3.H3O4P/c3-1-2(4)5;1-5(2,3)4/h1H;(H3,1,2,3,4). The van der Waals surface area contributed by atoms with Crippen LogP contribution in [0.5, 0.6) is 0 Å². The van der Waals surface area contributed by atoms with Crippen LogP contribution in [0, 0.1) is 0 Å². The summed E-state index contributed by atoms with van der Waals surface area (Å²) in [5.74, 6) is 0. The molecule has 62 valence electrons. The molecule has 0 saturated carbocycles. The highest BCUT2D eigenvalue weighted by Crippen LogP contribution is 2.25. The topological polar surface area (TPSA) is 77.8 Å². The zero-order valence-corrected chi connectivity index (χ0v) is 7.57. The first-order chi connectivity index (χ1) is 4.27. The average molecular weight is 229 g/mol. The van der Waals surface area contributed by atoms with E-state index in [1.165, 1.54) is 0 Å². The van der Waals surface area contributed by atoms with Gasteiger partial charge in [-0.1, -0.05) is 34.8 Å². The second-order valence-electron chi connectivity index (χ2n) is 0.912. The first kappa shape index (κ1) is 13.3. The number of phosphoric acid groups is 1. The summed E-state index contributed by atoms with van der Waals surface area (Å²) in [4.78, 5) is 21.6. The van der Waals surface area contributed by atoms with Crippen LogP contribution in [-0.4, -0.2) is 14.7 Å². The van der Waals surface area contributed by atoms with Gasteiger partial charge in [0.05, 0.1) is 0 Å². The zero-order chi connectivity index (χ0) is 8.78. The highest BCUT2D eigenvalue weighted by molar-refractivity contribution is 7.45. The molecule has 0 rings (SSSR count). The third kappa shape index (κ3) is 70.2. The Bertz CT molecular complexity index is 138. The Balaban J connectivity index is 0. The quantitative estimate of drug-likeness (QED) is 0.551. The fourth-order valence-electron chi connectivity index (χ4n) is 0. The van der Waals surface area contributed by atoms with Crippen molar-refractivity contribution in [1.29, 1.82) is 0 Å². The molecule has 0 aromatic carbocycles. The maximum Gasteiger partial charge on any atom is 0.466 e. The molecule has 8 heteroatoms. The van der Waals surface area contributed by atoms with Gasteiger partial charge < -0.3 is 14.7 Å². The van der Waals surface area contributed by atoms with E-state index in [4.69, 9.17) is 54.0 Å². The van der Waals surface area contributed by atoms with E-state index in [0.717, 1.165) is 5.54 Å². The molecule has 0 unspecified atom stereocenters. The lowest BCUT2D eigenvalue weighted by molar-refractivity contribution is 0.275. The molecular formula is C2H4Cl3O4P. The van der Waals surface area contributed by atoms with E-state index in [1.54, 1.807) is 0 Å². The molecule has 0 spiro atoms. The maximum absolute atomic E-state index is 8.88. The SMILES string of the molecule is ClC=C(Cl)Cl.O=P(O)(O)O. The van der Waals surface area contributed by atoms with Crippen LogP contribution >= 0.6 is 42.6 Å². The highest BCUT2D eigenvalue weighted by atomic mass is 35.5. The largest absolute Gasteiger partial charge is 0.466 e. The summed E-state index contributed by atoms with van der Waals surface area (Å²) < 4.78 is 8.97. The van der Waals surface area contributed by atoms with Gasteiger partial charge in [-0.2, -0.15) is 0 Å². The lowest BCUT2D eigenvalue weighted by Gasteiger charge is -1.82. The van der Waals surface area contributed by atoms with Crippen molar-refractivity contribution in [1.82, 2.24) is 0 Å². The van der Waals surface area contributed by atoms with Gasteiger partial charge in [-0.25, -0.2) is 4.57 Å². The van der Waals surface area contributed by atoms with E-state index in [9.17, 15) is 0 Å². The van der Waals surface area contributed by atoms with Crippen LogP contribution in [-0.2, 0) is 4.57 Å². The van der Waals surface area contributed by atoms with Gasteiger partial charge in [-0.3, -0.25) is 0 Å². The monoisotopic (exact) mass is 228 g/mol. The van der Waals surface area contributed by atoms with Crippen molar-refractivity contribution in [3.05, 3.63) is 10.0 Å². The van der Waals surface area contributed by atoms with Gasteiger partial charge in [0.15, 0.2) is 0 Å². The number of hydrogen-bond donors (Lipinski definition) is 3. The molecule has 0 radical (unpaired) electrons. The molecule has 0 aliphatic heterocycles. The number of rotatable bonds is 0. The molecule has 0 amide bonds. The predicted octanol–water partition coefficient (Wildman–Crippen LogP) is 1.57. The van der Waals surface area contributed by atoms with E-state index in [2.05, 4.69) is 0 Å². The molecule has 0 saturated heterocycles. The minimum absolute atomic E-state index is 0.0895. The van der Waals surface area contributed by atoms with Crippen LogP contribution in [0.2, 0.25) is 0 Å². The van der Waals surface area contributed by atoms with Crippen LogP contribution < -0.4 is 0 Å². The molecule has 3 N–H and O–H groups in total. The van der Waals surface area contributed by atoms with Crippen molar-refractivity contribution in [2.75, 3.05) is 0 Å². The average Bonchev–Trinajstić information content (AvgIpc) is 1.61. The predicted molar refractivity (Wildman–Crippen MR) is 39.9 cm³/mol. The number of hydrogen-bond acceptors (Lipinski definition) is 1. The molecule has 0 fully saturated rings. The fourth-order valence-corrected chi connectivity index (χ4v) is 0. The van der Waals surface area contributed by atoms with Gasteiger partial charge in [0.1, 0.15) is 4.49 Å². The van der Waals surface area contributed by atoms with Crippen molar-refractivity contribution in [3.63, 3.8) is 0 Å². The second kappa shape index (κ2) is 6.43. The Morgan fingerprint density at radius 2 is 1.40 bits per heavy atom. The minimum Gasteiger partial charge on any atom is -0.303 e. The summed E-state index contributed by atoms with van der Waals surface area (Å²) in [6.07, 6.45) is 0. The second-order valence-corrected chi connectivity index (χ2v) is 3.16. The molecule has 0 heterocycles. The Hall–Kier alpha value is 0.720.